The quantitative estimate of drug-likeness (QED) is 0.232. The highest BCUT2D eigenvalue weighted by molar-refractivity contribution is 7.88. The van der Waals surface area contributed by atoms with Crippen LogP contribution in [0.3, 0.4) is 0 Å². The van der Waals surface area contributed by atoms with E-state index in [2.05, 4.69) is 61.3 Å². The largest absolute Gasteiger partial charge is 0.393 e. The van der Waals surface area contributed by atoms with Gasteiger partial charge in [-0.3, -0.25) is 9.80 Å². The number of benzene rings is 2. The second kappa shape index (κ2) is 13.3. The Morgan fingerprint density at radius 2 is 1.69 bits per heavy atom. The Morgan fingerprint density at radius 3 is 2.33 bits per heavy atom. The van der Waals surface area contributed by atoms with Crippen LogP contribution in [-0.4, -0.2) is 108 Å². The Kier molecular flexibility index (Phi) is 9.27. The number of rotatable bonds is 8. The third-order valence-corrected chi connectivity index (χ3v) is 12.5. The zero-order chi connectivity index (χ0) is 36.3. The van der Waals surface area contributed by atoms with E-state index < -0.39 is 34.0 Å². The van der Waals surface area contributed by atoms with Crippen LogP contribution < -0.4 is 4.90 Å². The molecule has 1 atom stereocenters. The molecule has 0 radical (unpaired) electrons. The number of nitriles is 1. The van der Waals surface area contributed by atoms with Gasteiger partial charge in [0.25, 0.3) is 0 Å². The second-order valence-electron chi connectivity index (χ2n) is 14.7. The number of alkyl halides is 3. The van der Waals surface area contributed by atoms with Crippen LogP contribution >= 0.6 is 0 Å². The Balaban J connectivity index is 0.987. The van der Waals surface area contributed by atoms with Gasteiger partial charge in [-0.2, -0.15) is 22.7 Å². The van der Waals surface area contributed by atoms with E-state index in [4.69, 9.17) is 0 Å². The minimum absolute atomic E-state index is 0.0919. The van der Waals surface area contributed by atoms with Gasteiger partial charge in [-0.25, -0.2) is 22.8 Å². The van der Waals surface area contributed by atoms with E-state index in [1.807, 2.05) is 6.07 Å². The van der Waals surface area contributed by atoms with Crippen LogP contribution in [0.1, 0.15) is 42.1 Å². The summed E-state index contributed by atoms with van der Waals surface area (Å²) in [6.45, 7) is 11.2. The number of aryl methyl sites for hydroxylation is 1. The number of anilines is 1. The van der Waals surface area contributed by atoms with Crippen molar-refractivity contribution in [3.05, 3.63) is 64.9 Å². The SMILES string of the molecule is Cc1c(CN2CCC3(CC2)CN(c2ncnc4cc(F)c(CC(F)(F)F)cc24)C3)ccc2c1cc(C#N)n2C[C@H](C)N1CCN(S(C)(=O)=O)CC1. The summed E-state index contributed by atoms with van der Waals surface area (Å²) in [7, 11) is -3.20. The number of fused-ring (bicyclic) bond motifs is 2. The molecule has 2 aromatic carbocycles. The summed E-state index contributed by atoms with van der Waals surface area (Å²) >= 11 is 0. The predicted molar refractivity (Wildman–Crippen MR) is 187 cm³/mol. The lowest BCUT2D eigenvalue weighted by Gasteiger charge is -2.54. The molecule has 0 aliphatic carbocycles. The molecule has 0 amide bonds. The van der Waals surface area contributed by atoms with Gasteiger partial charge in [-0.05, 0) is 74.7 Å². The van der Waals surface area contributed by atoms with Crippen LogP contribution in [0.2, 0.25) is 0 Å². The number of piperidine rings is 1. The lowest BCUT2D eigenvalue weighted by molar-refractivity contribution is -0.127. The standard InChI is InChI=1S/C36H42F4N8O2S/c1-24(45-10-12-47(13-11-45)51(3,49)50)19-48-28(18-41)15-29-25(2)26(4-5-33(29)48)20-44-8-6-35(7-9-44)21-46(22-35)34-30-14-27(17-36(38,39)40)31(37)16-32(30)42-23-43-34/h4-5,14-16,23-24H,6-13,17,19-22H2,1-3H3/t24-/m0/s1. The summed E-state index contributed by atoms with van der Waals surface area (Å²) in [4.78, 5) is 15.3. The zero-order valence-corrected chi connectivity index (χ0v) is 29.9. The van der Waals surface area contributed by atoms with Gasteiger partial charge in [-0.15, -0.1) is 0 Å². The molecule has 3 fully saturated rings. The van der Waals surface area contributed by atoms with Crippen molar-refractivity contribution < 1.29 is 26.0 Å². The van der Waals surface area contributed by atoms with Gasteiger partial charge in [0.2, 0.25) is 10.0 Å². The van der Waals surface area contributed by atoms with Crippen molar-refractivity contribution in [3.63, 3.8) is 0 Å². The van der Waals surface area contributed by atoms with Crippen molar-refractivity contribution in [1.82, 2.24) is 28.6 Å². The van der Waals surface area contributed by atoms with E-state index in [1.54, 1.807) is 0 Å². The summed E-state index contributed by atoms with van der Waals surface area (Å²) in [6, 6.07) is 11.1. The van der Waals surface area contributed by atoms with Crippen molar-refractivity contribution in [1.29, 1.82) is 5.26 Å². The first-order chi connectivity index (χ1) is 24.1. The molecule has 0 unspecified atom stereocenters. The molecule has 7 rings (SSSR count). The zero-order valence-electron chi connectivity index (χ0n) is 29.0. The molecule has 0 N–H and O–H groups in total. The summed E-state index contributed by atoms with van der Waals surface area (Å²) in [5.74, 6) is -0.365. The average Bonchev–Trinajstić information content (AvgIpc) is 3.42. The van der Waals surface area contributed by atoms with Crippen LogP contribution in [0.25, 0.3) is 21.8 Å². The number of piperazine rings is 1. The molecule has 272 valence electrons. The summed E-state index contributed by atoms with van der Waals surface area (Å²) in [5, 5.41) is 11.5. The lowest BCUT2D eigenvalue weighted by atomic mass is 9.72. The second-order valence-corrected chi connectivity index (χ2v) is 16.6. The fraction of sp³-hybridized carbons (Fsp3) is 0.528. The number of likely N-dealkylation sites (tertiary alicyclic amines) is 1. The molecule has 3 saturated heterocycles. The molecule has 0 saturated carbocycles. The summed E-state index contributed by atoms with van der Waals surface area (Å²) in [5.41, 5.74) is 3.99. The number of halogens is 4. The van der Waals surface area contributed by atoms with Crippen LogP contribution in [0, 0.1) is 29.5 Å². The maximum atomic E-state index is 14.4. The minimum atomic E-state index is -4.52. The Bertz CT molecular complexity index is 2110. The molecule has 15 heteroatoms. The molecule has 0 bridgehead atoms. The van der Waals surface area contributed by atoms with Crippen molar-refractivity contribution >= 4 is 37.6 Å². The van der Waals surface area contributed by atoms with Crippen LogP contribution in [0.4, 0.5) is 23.4 Å². The van der Waals surface area contributed by atoms with Gasteiger partial charge >= 0.3 is 6.18 Å². The molecule has 10 nitrogen and oxygen atoms in total. The number of hydrogen-bond donors (Lipinski definition) is 0. The first-order valence-electron chi connectivity index (χ1n) is 17.3. The van der Waals surface area contributed by atoms with Crippen molar-refractivity contribution in [2.75, 3.05) is 63.5 Å². The highest BCUT2D eigenvalue weighted by Gasteiger charge is 2.46. The predicted octanol–water partition coefficient (Wildman–Crippen LogP) is 5.08. The summed E-state index contributed by atoms with van der Waals surface area (Å²) < 4.78 is 81.2. The van der Waals surface area contributed by atoms with Gasteiger partial charge in [-0.1, -0.05) is 6.07 Å². The molecular weight excluding hydrogens is 685 g/mol. The van der Waals surface area contributed by atoms with E-state index >= 15 is 0 Å². The maximum absolute atomic E-state index is 14.4. The number of aromatic nitrogens is 3. The van der Waals surface area contributed by atoms with E-state index in [9.17, 15) is 31.2 Å². The number of hydrogen-bond acceptors (Lipinski definition) is 8. The van der Waals surface area contributed by atoms with Crippen LogP contribution in [-0.2, 0) is 29.5 Å². The first kappa shape index (κ1) is 35.6. The lowest BCUT2D eigenvalue weighted by Crippen LogP contribution is -2.60. The Morgan fingerprint density at radius 1 is 0.980 bits per heavy atom. The molecule has 4 aromatic rings. The molecule has 3 aliphatic rings. The fourth-order valence-corrected chi connectivity index (χ4v) is 9.03. The molecule has 3 aliphatic heterocycles. The smallest absolute Gasteiger partial charge is 0.355 e. The summed E-state index contributed by atoms with van der Waals surface area (Å²) in [6.07, 6.45) is -1.31. The third kappa shape index (κ3) is 7.16. The van der Waals surface area contributed by atoms with Crippen molar-refractivity contribution in [3.8, 4) is 6.07 Å². The molecular formula is C36H42F4N8O2S. The minimum Gasteiger partial charge on any atom is -0.355 e. The van der Waals surface area contributed by atoms with E-state index in [-0.39, 0.29) is 11.5 Å². The van der Waals surface area contributed by atoms with Gasteiger partial charge in [0, 0.05) is 86.2 Å². The third-order valence-electron chi connectivity index (χ3n) is 11.2. The molecule has 1 spiro atoms. The highest BCUT2D eigenvalue weighted by atomic mass is 32.2. The Hall–Kier alpha value is -3.84. The van der Waals surface area contributed by atoms with E-state index in [0.29, 0.717) is 55.1 Å². The number of nitrogens with zero attached hydrogens (tertiary/aromatic N) is 8. The van der Waals surface area contributed by atoms with Gasteiger partial charge in [0.05, 0.1) is 18.2 Å². The first-order valence-corrected chi connectivity index (χ1v) is 19.2. The topological polar surface area (TPSA) is 102 Å². The van der Waals surface area contributed by atoms with Crippen molar-refractivity contribution in [2.24, 2.45) is 5.41 Å². The van der Waals surface area contributed by atoms with E-state index in [0.717, 1.165) is 68.1 Å². The Labute approximate surface area is 295 Å². The van der Waals surface area contributed by atoms with Gasteiger partial charge in [0.1, 0.15) is 29.7 Å². The number of sulfonamides is 1. The monoisotopic (exact) mass is 726 g/mol. The molecule has 51 heavy (non-hydrogen) atoms. The highest BCUT2D eigenvalue weighted by Crippen LogP contribution is 2.44. The fourth-order valence-electron chi connectivity index (χ4n) is 8.21. The maximum Gasteiger partial charge on any atom is 0.393 e. The van der Waals surface area contributed by atoms with Crippen LogP contribution in [0.5, 0.6) is 0 Å². The molecule has 5 heterocycles. The molecule has 2 aromatic heterocycles. The van der Waals surface area contributed by atoms with E-state index in [1.165, 1.54) is 28.5 Å². The van der Waals surface area contributed by atoms with Gasteiger partial charge in [0.15, 0.2) is 0 Å². The average molecular weight is 727 g/mol. The van der Waals surface area contributed by atoms with Gasteiger partial charge < -0.3 is 9.47 Å². The van der Waals surface area contributed by atoms with Crippen molar-refractivity contribution in [2.45, 2.75) is 58.4 Å². The van der Waals surface area contributed by atoms with Crippen LogP contribution in [0.15, 0.2) is 36.7 Å². The normalized spacial score (nSPS) is 19.8.